The van der Waals surface area contributed by atoms with E-state index in [1.54, 1.807) is 12.1 Å². The zero-order valence-corrected chi connectivity index (χ0v) is 18.9. The van der Waals surface area contributed by atoms with Gasteiger partial charge in [0.05, 0.1) is 22.2 Å². The fourth-order valence-corrected chi connectivity index (χ4v) is 4.18. The summed E-state index contributed by atoms with van der Waals surface area (Å²) in [5, 5.41) is 15.7. The molecule has 168 valence electrons. The predicted molar refractivity (Wildman–Crippen MR) is 137 cm³/mol. The fourth-order valence-electron chi connectivity index (χ4n) is 3.97. The molecule has 1 N–H and O–H groups in total. The monoisotopic (exact) mass is 477 g/mol. The number of aromatic amines is 1. The Morgan fingerprint density at radius 2 is 1.83 bits per heavy atom. The van der Waals surface area contributed by atoms with E-state index in [4.69, 9.17) is 16.0 Å². The van der Waals surface area contributed by atoms with Crippen molar-refractivity contribution < 1.29 is 4.42 Å². The van der Waals surface area contributed by atoms with Gasteiger partial charge in [0.15, 0.2) is 11.3 Å². The first-order valence-electron chi connectivity index (χ1n) is 10.8. The van der Waals surface area contributed by atoms with Crippen LogP contribution in [0.2, 0.25) is 5.02 Å². The lowest BCUT2D eigenvalue weighted by Gasteiger charge is -2.07. The van der Waals surface area contributed by atoms with Gasteiger partial charge in [-0.15, -0.1) is 5.10 Å². The van der Waals surface area contributed by atoms with E-state index in [1.807, 2.05) is 66.7 Å². The van der Waals surface area contributed by atoms with Crippen LogP contribution >= 0.6 is 11.6 Å². The van der Waals surface area contributed by atoms with Crippen LogP contribution in [0.4, 0.5) is 0 Å². The summed E-state index contributed by atoms with van der Waals surface area (Å²) in [6.07, 6.45) is 3.93. The normalized spacial score (nSPS) is 11.6. The quantitative estimate of drug-likeness (QED) is 0.334. The highest BCUT2D eigenvalue weighted by Gasteiger charge is 2.16. The lowest BCUT2D eigenvalue weighted by molar-refractivity contribution is 0.619. The average molecular weight is 478 g/mol. The van der Waals surface area contributed by atoms with Gasteiger partial charge in [0.1, 0.15) is 11.3 Å². The molecule has 0 saturated heterocycles. The predicted octanol–water partition coefficient (Wildman–Crippen LogP) is 6.01. The molecule has 0 atom stereocenters. The maximum absolute atomic E-state index is 12.9. The third-order valence-electron chi connectivity index (χ3n) is 5.63. The topological polar surface area (TPSA) is 97.6 Å². The van der Waals surface area contributed by atoms with E-state index in [9.17, 15) is 4.79 Å². The van der Waals surface area contributed by atoms with Crippen molar-refractivity contribution in [3.05, 3.63) is 105 Å². The van der Waals surface area contributed by atoms with Crippen LogP contribution in [0.3, 0.4) is 0 Å². The number of benzene rings is 3. The highest BCUT2D eigenvalue weighted by Crippen LogP contribution is 2.31. The van der Waals surface area contributed by atoms with Crippen molar-refractivity contribution in [3.8, 4) is 22.7 Å². The standard InChI is InChI=1S/C27H16ClN5O2/c28-19-13-21-24(34)15-25(35-26(21)22(14-19)27-30-32-33-31-27)18-6-3-4-16(12-18)8-10-20-11-9-17-5-1-2-7-23(17)29-20/h1-15H,(H,30,31,32,33)/b10-8+. The summed E-state index contributed by atoms with van der Waals surface area (Å²) in [5.41, 5.74) is 4.16. The number of aromatic nitrogens is 5. The van der Waals surface area contributed by atoms with Crippen LogP contribution in [0.15, 0.2) is 88.1 Å². The Bertz CT molecular complexity index is 1790. The molecule has 0 amide bonds. The summed E-state index contributed by atoms with van der Waals surface area (Å²) < 4.78 is 6.19. The molecular weight excluding hydrogens is 462 g/mol. The molecule has 3 heterocycles. The Labute approximate surface area is 203 Å². The Morgan fingerprint density at radius 3 is 2.71 bits per heavy atom. The van der Waals surface area contributed by atoms with E-state index in [0.717, 1.165) is 27.7 Å². The van der Waals surface area contributed by atoms with Crippen molar-refractivity contribution in [2.75, 3.05) is 0 Å². The Balaban J connectivity index is 1.40. The van der Waals surface area contributed by atoms with E-state index in [1.165, 1.54) is 6.07 Å². The smallest absolute Gasteiger partial charge is 0.193 e. The Hall–Kier alpha value is -4.62. The van der Waals surface area contributed by atoms with Gasteiger partial charge in [-0.25, -0.2) is 10.1 Å². The first-order valence-corrected chi connectivity index (χ1v) is 11.2. The van der Waals surface area contributed by atoms with Crippen LogP contribution in [-0.4, -0.2) is 25.6 Å². The molecule has 0 fully saturated rings. The first-order chi connectivity index (χ1) is 17.1. The second-order valence-corrected chi connectivity index (χ2v) is 8.38. The van der Waals surface area contributed by atoms with E-state index in [-0.39, 0.29) is 5.43 Å². The van der Waals surface area contributed by atoms with Gasteiger partial charge in [-0.05, 0) is 52.4 Å². The summed E-state index contributed by atoms with van der Waals surface area (Å²) in [7, 11) is 0. The van der Waals surface area contributed by atoms with E-state index < -0.39 is 0 Å². The second kappa shape index (κ2) is 8.62. The highest BCUT2D eigenvalue weighted by atomic mass is 35.5. The molecule has 35 heavy (non-hydrogen) atoms. The third-order valence-corrected chi connectivity index (χ3v) is 5.85. The van der Waals surface area contributed by atoms with E-state index in [2.05, 4.69) is 31.7 Å². The number of hydrogen-bond donors (Lipinski definition) is 1. The number of nitrogens with one attached hydrogen (secondary N) is 1. The summed E-state index contributed by atoms with van der Waals surface area (Å²) in [6, 6.07) is 24.5. The number of halogens is 1. The molecule has 0 spiro atoms. The van der Waals surface area contributed by atoms with Crippen LogP contribution in [0, 0.1) is 0 Å². The summed E-state index contributed by atoms with van der Waals surface area (Å²) in [5.74, 6) is 0.787. The molecular formula is C27H16ClN5O2. The van der Waals surface area contributed by atoms with Crippen LogP contribution in [0.1, 0.15) is 11.3 Å². The maximum Gasteiger partial charge on any atom is 0.193 e. The van der Waals surface area contributed by atoms with Crippen molar-refractivity contribution in [2.24, 2.45) is 0 Å². The largest absolute Gasteiger partial charge is 0.455 e. The van der Waals surface area contributed by atoms with Crippen LogP contribution in [0.25, 0.3) is 56.7 Å². The number of para-hydroxylation sites is 1. The van der Waals surface area contributed by atoms with Gasteiger partial charge >= 0.3 is 0 Å². The van der Waals surface area contributed by atoms with Gasteiger partial charge < -0.3 is 4.42 Å². The number of tetrazole rings is 1. The van der Waals surface area contributed by atoms with Gasteiger partial charge in [0.2, 0.25) is 0 Å². The number of nitrogens with zero attached hydrogens (tertiary/aromatic N) is 4. The Morgan fingerprint density at radius 1 is 0.914 bits per heavy atom. The number of rotatable bonds is 4. The van der Waals surface area contributed by atoms with Crippen molar-refractivity contribution in [1.29, 1.82) is 0 Å². The zero-order chi connectivity index (χ0) is 23.8. The van der Waals surface area contributed by atoms with Gasteiger partial charge in [0.25, 0.3) is 0 Å². The number of H-pyrrole nitrogens is 1. The average Bonchev–Trinajstić information content (AvgIpc) is 3.42. The zero-order valence-electron chi connectivity index (χ0n) is 18.1. The van der Waals surface area contributed by atoms with Gasteiger partial charge in [-0.1, -0.05) is 60.1 Å². The van der Waals surface area contributed by atoms with Gasteiger partial charge in [0, 0.05) is 22.0 Å². The molecule has 0 bridgehead atoms. The SMILES string of the molecule is O=c1cc(-c2cccc(/C=C/c3ccc4ccccc4n3)c2)oc2c(-c3nnn[nH]3)cc(Cl)cc12. The first kappa shape index (κ1) is 20.9. The molecule has 6 rings (SSSR count). The molecule has 0 saturated carbocycles. The third kappa shape index (κ3) is 4.09. The van der Waals surface area contributed by atoms with Crippen molar-refractivity contribution in [2.45, 2.75) is 0 Å². The van der Waals surface area contributed by atoms with Crippen LogP contribution in [-0.2, 0) is 0 Å². The molecule has 3 aromatic heterocycles. The second-order valence-electron chi connectivity index (χ2n) is 7.94. The summed E-state index contributed by atoms with van der Waals surface area (Å²) in [4.78, 5) is 17.6. The summed E-state index contributed by atoms with van der Waals surface area (Å²) in [6.45, 7) is 0. The molecule has 6 aromatic rings. The van der Waals surface area contributed by atoms with Gasteiger partial charge in [-0.3, -0.25) is 4.79 Å². The van der Waals surface area contributed by atoms with Crippen molar-refractivity contribution in [3.63, 3.8) is 0 Å². The molecule has 3 aromatic carbocycles. The molecule has 0 radical (unpaired) electrons. The van der Waals surface area contributed by atoms with E-state index >= 15 is 0 Å². The molecule has 7 nitrogen and oxygen atoms in total. The fraction of sp³-hybridized carbons (Fsp3) is 0. The summed E-state index contributed by atoms with van der Waals surface area (Å²) >= 11 is 6.23. The number of pyridine rings is 1. The number of hydrogen-bond acceptors (Lipinski definition) is 6. The maximum atomic E-state index is 12.9. The molecule has 0 aliphatic heterocycles. The van der Waals surface area contributed by atoms with Gasteiger partial charge in [-0.2, -0.15) is 0 Å². The van der Waals surface area contributed by atoms with Crippen molar-refractivity contribution in [1.82, 2.24) is 25.6 Å². The lowest BCUT2D eigenvalue weighted by atomic mass is 10.1. The minimum absolute atomic E-state index is 0.209. The molecule has 0 unspecified atom stereocenters. The molecule has 8 heteroatoms. The number of fused-ring (bicyclic) bond motifs is 2. The Kier molecular flexibility index (Phi) is 5.16. The highest BCUT2D eigenvalue weighted by molar-refractivity contribution is 6.31. The van der Waals surface area contributed by atoms with E-state index in [0.29, 0.717) is 33.1 Å². The van der Waals surface area contributed by atoms with Crippen LogP contribution < -0.4 is 5.43 Å². The minimum atomic E-state index is -0.209. The van der Waals surface area contributed by atoms with Crippen LogP contribution in [0.5, 0.6) is 0 Å². The minimum Gasteiger partial charge on any atom is -0.455 e. The van der Waals surface area contributed by atoms with Crippen molar-refractivity contribution >= 4 is 45.6 Å². The molecule has 0 aliphatic rings. The molecule has 0 aliphatic carbocycles. The lowest BCUT2D eigenvalue weighted by Crippen LogP contribution is -2.02.